The lowest BCUT2D eigenvalue weighted by atomic mass is 9.49. The summed E-state index contributed by atoms with van der Waals surface area (Å²) in [7, 11) is 4.14. The van der Waals surface area contributed by atoms with Gasteiger partial charge in [-0.05, 0) is 101 Å². The van der Waals surface area contributed by atoms with Crippen molar-refractivity contribution in [2.24, 2.45) is 23.7 Å². The molecule has 4 aromatic carbocycles. The number of anilines is 3. The number of phenols is 1. The number of benzene rings is 4. The predicted octanol–water partition coefficient (Wildman–Crippen LogP) is 6.87. The Morgan fingerprint density at radius 3 is 2.15 bits per heavy atom. The Morgan fingerprint density at radius 2 is 1.57 bits per heavy atom. The second-order valence-corrected chi connectivity index (χ2v) is 16.8. The summed E-state index contributed by atoms with van der Waals surface area (Å²) in [6, 6.07) is 16.6. The Hall–Kier alpha value is -6.15. The quantitative estimate of drug-likeness (QED) is 0.0580. The van der Waals surface area contributed by atoms with Crippen LogP contribution in [0.4, 0.5) is 32.8 Å². The van der Waals surface area contributed by atoms with Crippen LogP contribution >= 0.6 is 34.2 Å². The maximum Gasteiger partial charge on any atom is 0.301 e. The highest BCUT2D eigenvalue weighted by molar-refractivity contribution is 14.1. The van der Waals surface area contributed by atoms with Crippen molar-refractivity contribution in [2.75, 3.05) is 36.4 Å². The van der Waals surface area contributed by atoms with E-state index in [1.54, 1.807) is 42.5 Å². The molecule has 2 aliphatic carbocycles. The number of nitro benzene ring substituents is 2. The molecule has 6 atom stereocenters. The summed E-state index contributed by atoms with van der Waals surface area (Å²) in [5, 5.41) is 36.7. The van der Waals surface area contributed by atoms with Crippen LogP contribution in [-0.4, -0.2) is 64.8 Å². The van der Waals surface area contributed by atoms with Gasteiger partial charge in [-0.25, -0.2) is 9.29 Å². The maximum atomic E-state index is 15.4. The monoisotopic (exact) mass is 950 g/mol. The number of fused-ring (bicyclic) bond motifs is 4. The van der Waals surface area contributed by atoms with Gasteiger partial charge < -0.3 is 14.7 Å². The number of hydrogen-bond donors (Lipinski definition) is 2. The molecule has 19 heteroatoms. The SMILES string of the molecule is COc1cc([C@H]2C3=CC[C@@H]4C(=O)N(c5cc([N+](=O)[O-])c(N(C)C)c([N+](=O)[O-])c5)C(=O)[C@@H]4[C@@H]3C[C@H]3C(=O)N(Nc4ccc(F)cc4)C(=O)[C@@]23c2ccc(Cl)cc2)cc(I)c1O. The Bertz CT molecular complexity index is 2560. The summed E-state index contributed by atoms with van der Waals surface area (Å²) in [4.78, 5) is 84.4. The molecule has 3 fully saturated rings. The van der Waals surface area contributed by atoms with Crippen LogP contribution < -0.4 is 20.0 Å². The first kappa shape index (κ1) is 40.6. The van der Waals surface area contributed by atoms with Gasteiger partial charge in [-0.2, -0.15) is 5.01 Å². The second kappa shape index (κ2) is 14.8. The van der Waals surface area contributed by atoms with Crippen molar-refractivity contribution in [3.63, 3.8) is 0 Å². The Kier molecular flexibility index (Phi) is 10.0. The lowest BCUT2D eigenvalue weighted by Crippen LogP contribution is -2.53. The van der Waals surface area contributed by atoms with Gasteiger partial charge in [0.05, 0.1) is 55.1 Å². The molecule has 2 N–H and O–H groups in total. The number of nitrogens with one attached hydrogen (secondary N) is 1. The van der Waals surface area contributed by atoms with E-state index in [0.717, 1.165) is 34.2 Å². The van der Waals surface area contributed by atoms with E-state index in [9.17, 15) is 44.1 Å². The third kappa shape index (κ3) is 6.05. The summed E-state index contributed by atoms with van der Waals surface area (Å²) < 4.78 is 19.9. The first-order chi connectivity index (χ1) is 28.5. The van der Waals surface area contributed by atoms with E-state index in [1.165, 1.54) is 38.2 Å². The molecule has 2 aliphatic heterocycles. The second-order valence-electron chi connectivity index (χ2n) is 15.2. The number of ether oxygens (including phenoxy) is 1. The lowest BCUT2D eigenvalue weighted by Gasteiger charge is -2.50. The smallest absolute Gasteiger partial charge is 0.301 e. The van der Waals surface area contributed by atoms with Crippen LogP contribution in [0.5, 0.6) is 11.5 Å². The topological polar surface area (TPSA) is 206 Å². The molecule has 0 bridgehead atoms. The molecule has 0 spiro atoms. The van der Waals surface area contributed by atoms with Gasteiger partial charge in [0.15, 0.2) is 17.2 Å². The van der Waals surface area contributed by atoms with Crippen LogP contribution in [0.3, 0.4) is 0 Å². The number of nitrogens with zero attached hydrogens (tertiary/aromatic N) is 5. The molecular weight excluding hydrogens is 918 g/mol. The molecule has 16 nitrogen and oxygen atoms in total. The zero-order chi connectivity index (χ0) is 43.1. The molecule has 60 heavy (non-hydrogen) atoms. The largest absolute Gasteiger partial charge is 0.504 e. The van der Waals surface area contributed by atoms with Crippen molar-refractivity contribution >= 4 is 86.3 Å². The minimum Gasteiger partial charge on any atom is -0.504 e. The number of imide groups is 2. The van der Waals surface area contributed by atoms with Gasteiger partial charge in [0, 0.05) is 37.2 Å². The molecule has 4 aliphatic rings. The average Bonchev–Trinajstić information content (AvgIpc) is 3.59. The molecule has 1 saturated carbocycles. The molecule has 0 aromatic heterocycles. The number of halogens is 3. The van der Waals surface area contributed by atoms with Crippen LogP contribution in [0.25, 0.3) is 0 Å². The number of carbonyl (C=O) groups is 4. The van der Waals surface area contributed by atoms with Crippen molar-refractivity contribution in [3.05, 3.63) is 130 Å². The summed E-state index contributed by atoms with van der Waals surface area (Å²) in [6.07, 6.45) is 1.62. The molecule has 4 aromatic rings. The van der Waals surface area contributed by atoms with E-state index in [2.05, 4.69) is 5.43 Å². The summed E-state index contributed by atoms with van der Waals surface area (Å²) in [5.41, 5.74) is 0.687. The van der Waals surface area contributed by atoms with Crippen LogP contribution in [0.1, 0.15) is 29.9 Å². The van der Waals surface area contributed by atoms with Crippen LogP contribution in [0, 0.1) is 53.3 Å². The van der Waals surface area contributed by atoms with Crippen LogP contribution in [-0.2, 0) is 24.6 Å². The Labute approximate surface area is 358 Å². The lowest BCUT2D eigenvalue weighted by molar-refractivity contribution is -0.392. The van der Waals surface area contributed by atoms with Crippen molar-refractivity contribution in [1.29, 1.82) is 0 Å². The van der Waals surface area contributed by atoms with Gasteiger partial charge in [-0.15, -0.1) is 0 Å². The summed E-state index contributed by atoms with van der Waals surface area (Å²) in [6.45, 7) is 0. The maximum absolute atomic E-state index is 15.4. The first-order valence-electron chi connectivity index (χ1n) is 18.5. The molecule has 0 unspecified atom stereocenters. The Morgan fingerprint density at radius 1 is 0.933 bits per heavy atom. The number of allylic oxidation sites excluding steroid dienone is 2. The van der Waals surface area contributed by atoms with E-state index in [-0.39, 0.29) is 41.4 Å². The highest BCUT2D eigenvalue weighted by Gasteiger charge is 2.70. The molecule has 8 rings (SSSR count). The molecular formula is C41H33ClFIN6O10. The fraction of sp³-hybridized carbons (Fsp3) is 0.268. The number of methoxy groups -OCH3 is 1. The van der Waals surface area contributed by atoms with E-state index in [4.69, 9.17) is 16.3 Å². The fourth-order valence-electron chi connectivity index (χ4n) is 9.66. The van der Waals surface area contributed by atoms with Gasteiger partial charge >= 0.3 is 11.4 Å². The number of carbonyl (C=O) groups excluding carboxylic acids is 4. The number of nitro groups is 2. The highest BCUT2D eigenvalue weighted by Crippen LogP contribution is 2.65. The standard InChI is InChI=1S/C41H33ClFIN6O10/c1-46(2)35-30(49(56)57)16-24(17-31(35)50(58)59)47-37(52)26-13-12-25-27(33(26)39(47)54)18-28-38(53)48(45-23-10-8-22(43)9-11-23)40(55)41(28,20-4-6-21(42)7-5-20)34(25)19-14-29(44)36(51)32(15-19)60-3/h4-12,14-17,26-28,33-34,45,51H,13,18H2,1-3H3/t26-,27+,28-,33-,34-,41+/m0/s1. The number of hydrogen-bond acceptors (Lipinski definition) is 12. The van der Waals surface area contributed by atoms with Crippen molar-refractivity contribution in [1.82, 2.24) is 5.01 Å². The number of hydrazine groups is 1. The third-order valence-corrected chi connectivity index (χ3v) is 13.1. The van der Waals surface area contributed by atoms with E-state index in [0.29, 0.717) is 25.3 Å². The van der Waals surface area contributed by atoms with Crippen molar-refractivity contribution in [2.45, 2.75) is 24.2 Å². The van der Waals surface area contributed by atoms with Crippen molar-refractivity contribution < 1.29 is 43.3 Å². The van der Waals surface area contributed by atoms with Gasteiger partial charge in [0.2, 0.25) is 11.8 Å². The van der Waals surface area contributed by atoms with Gasteiger partial charge in [-0.3, -0.25) is 44.8 Å². The minimum atomic E-state index is -1.73. The predicted molar refractivity (Wildman–Crippen MR) is 223 cm³/mol. The van der Waals surface area contributed by atoms with Gasteiger partial charge in [0.25, 0.3) is 11.8 Å². The highest BCUT2D eigenvalue weighted by atomic mass is 127. The number of aromatic hydroxyl groups is 1. The third-order valence-electron chi connectivity index (χ3n) is 12.0. The molecule has 2 saturated heterocycles. The zero-order valence-corrected chi connectivity index (χ0v) is 34.7. The van der Waals surface area contributed by atoms with E-state index in [1.807, 2.05) is 22.6 Å². The number of rotatable bonds is 9. The minimum absolute atomic E-state index is 0.0264. The van der Waals surface area contributed by atoms with Gasteiger partial charge in [0.1, 0.15) is 5.82 Å². The molecule has 308 valence electrons. The molecule has 2 heterocycles. The van der Waals surface area contributed by atoms with E-state index < -0.39 is 85.7 Å². The zero-order valence-electron chi connectivity index (χ0n) is 31.8. The first-order valence-corrected chi connectivity index (χ1v) is 19.9. The number of amides is 4. The number of phenolic OH excluding ortho intramolecular Hbond substituents is 1. The van der Waals surface area contributed by atoms with Crippen LogP contribution in [0.15, 0.2) is 84.4 Å². The molecule has 0 radical (unpaired) electrons. The van der Waals surface area contributed by atoms with Crippen LogP contribution in [0.2, 0.25) is 5.02 Å². The average molecular weight is 951 g/mol. The summed E-state index contributed by atoms with van der Waals surface area (Å²) >= 11 is 8.29. The molecule has 4 amide bonds. The summed E-state index contributed by atoms with van der Waals surface area (Å²) in [5.74, 6) is -8.84. The van der Waals surface area contributed by atoms with Crippen molar-refractivity contribution in [3.8, 4) is 11.5 Å². The van der Waals surface area contributed by atoms with E-state index >= 15 is 4.79 Å². The normalized spacial score (nSPS) is 24.4. The Balaban J connectivity index is 1.33. The van der Waals surface area contributed by atoms with Gasteiger partial charge in [-0.1, -0.05) is 35.4 Å². The fourth-order valence-corrected chi connectivity index (χ4v) is 10.4.